The van der Waals surface area contributed by atoms with Crippen LogP contribution in [0.4, 0.5) is 5.69 Å². The van der Waals surface area contributed by atoms with Crippen LogP contribution in [0.15, 0.2) is 45.5 Å². The van der Waals surface area contributed by atoms with Crippen LogP contribution in [0.5, 0.6) is 5.75 Å². The lowest BCUT2D eigenvalue weighted by molar-refractivity contribution is -0.133. The Morgan fingerprint density at radius 1 is 1.31 bits per heavy atom. The van der Waals surface area contributed by atoms with E-state index in [1.807, 2.05) is 0 Å². The van der Waals surface area contributed by atoms with Gasteiger partial charge in [0, 0.05) is 24.9 Å². The van der Waals surface area contributed by atoms with E-state index < -0.39 is 0 Å². The van der Waals surface area contributed by atoms with Crippen molar-refractivity contribution >= 4 is 29.1 Å². The molecule has 2 heterocycles. The van der Waals surface area contributed by atoms with Crippen LogP contribution in [0.25, 0.3) is 11.6 Å². The van der Waals surface area contributed by atoms with Gasteiger partial charge in [-0.05, 0) is 30.3 Å². The summed E-state index contributed by atoms with van der Waals surface area (Å²) in [5, 5.41) is 6.95. The van der Waals surface area contributed by atoms with E-state index in [9.17, 15) is 9.59 Å². The monoisotopic (exact) mass is 418 g/mol. The van der Waals surface area contributed by atoms with Crippen molar-refractivity contribution < 1.29 is 23.3 Å². The minimum Gasteiger partial charge on any atom is -0.495 e. The average Bonchev–Trinajstić information content (AvgIpc) is 3.37. The molecule has 1 N–H and O–H groups in total. The number of likely N-dealkylation sites (N-methyl/N-ethyl adjacent to an activating group) is 1. The maximum atomic E-state index is 12.3. The van der Waals surface area contributed by atoms with Crippen molar-refractivity contribution in [3.8, 4) is 17.3 Å². The van der Waals surface area contributed by atoms with Gasteiger partial charge in [0.15, 0.2) is 5.76 Å². The fourth-order valence-electron chi connectivity index (χ4n) is 2.54. The molecular formula is C19H19ClN4O5. The zero-order chi connectivity index (χ0) is 20.8. The summed E-state index contributed by atoms with van der Waals surface area (Å²) in [7, 11) is 3.03. The molecule has 0 saturated heterocycles. The molecule has 1 aromatic carbocycles. The van der Waals surface area contributed by atoms with Crippen molar-refractivity contribution in [2.75, 3.05) is 26.0 Å². The van der Waals surface area contributed by atoms with E-state index >= 15 is 0 Å². The summed E-state index contributed by atoms with van der Waals surface area (Å²) in [6.07, 6.45) is 1.87. The molecule has 0 atom stereocenters. The first-order valence-electron chi connectivity index (χ1n) is 8.70. The number of nitrogens with one attached hydrogen (secondary N) is 1. The van der Waals surface area contributed by atoms with Gasteiger partial charge in [0.1, 0.15) is 5.75 Å². The number of aryl methyl sites for hydroxylation is 1. The zero-order valence-electron chi connectivity index (χ0n) is 15.8. The van der Waals surface area contributed by atoms with Gasteiger partial charge in [-0.3, -0.25) is 9.59 Å². The zero-order valence-corrected chi connectivity index (χ0v) is 16.6. The number of hydrogen-bond donors (Lipinski definition) is 1. The number of amides is 2. The lowest BCUT2D eigenvalue weighted by Gasteiger charge is -2.17. The molecule has 29 heavy (non-hydrogen) atoms. The first kappa shape index (κ1) is 20.4. The van der Waals surface area contributed by atoms with Gasteiger partial charge in [-0.15, -0.1) is 0 Å². The lowest BCUT2D eigenvalue weighted by Crippen LogP contribution is -2.35. The quantitative estimate of drug-likeness (QED) is 0.598. The molecule has 0 aliphatic carbocycles. The number of hydrogen-bond acceptors (Lipinski definition) is 7. The molecule has 0 aliphatic heterocycles. The van der Waals surface area contributed by atoms with Gasteiger partial charge in [-0.25, -0.2) is 0 Å². The van der Waals surface area contributed by atoms with E-state index in [2.05, 4.69) is 15.5 Å². The number of methoxy groups -OCH3 is 1. The van der Waals surface area contributed by atoms with Crippen molar-refractivity contribution in [2.45, 2.75) is 12.8 Å². The number of carbonyl (C=O) groups excluding carboxylic acids is 2. The van der Waals surface area contributed by atoms with E-state index in [-0.39, 0.29) is 31.2 Å². The van der Waals surface area contributed by atoms with E-state index in [4.69, 9.17) is 25.3 Å². The third-order valence-corrected chi connectivity index (χ3v) is 4.24. The Morgan fingerprint density at radius 3 is 2.86 bits per heavy atom. The average molecular weight is 419 g/mol. The highest BCUT2D eigenvalue weighted by molar-refractivity contribution is 6.31. The SMILES string of the molecule is COc1ccc(Cl)cc1NC(=O)CN(C)C(=O)CCc1nc(-c2ccco2)no1. The van der Waals surface area contributed by atoms with Gasteiger partial charge in [-0.2, -0.15) is 4.98 Å². The normalized spacial score (nSPS) is 10.6. The van der Waals surface area contributed by atoms with Crippen LogP contribution in [0, 0.1) is 0 Å². The van der Waals surface area contributed by atoms with E-state index in [0.717, 1.165) is 0 Å². The second-order valence-corrected chi connectivity index (χ2v) is 6.57. The van der Waals surface area contributed by atoms with Gasteiger partial charge in [0.05, 0.1) is 25.6 Å². The van der Waals surface area contributed by atoms with Crippen LogP contribution in [-0.2, 0) is 16.0 Å². The topological polar surface area (TPSA) is 111 Å². The van der Waals surface area contributed by atoms with Crippen molar-refractivity contribution in [1.82, 2.24) is 15.0 Å². The summed E-state index contributed by atoms with van der Waals surface area (Å²) in [5.41, 5.74) is 0.433. The first-order chi connectivity index (χ1) is 14.0. The van der Waals surface area contributed by atoms with Crippen molar-refractivity contribution in [2.24, 2.45) is 0 Å². The molecule has 3 rings (SSSR count). The second-order valence-electron chi connectivity index (χ2n) is 6.13. The predicted octanol–water partition coefficient (Wildman–Crippen LogP) is 3.02. The number of anilines is 1. The fraction of sp³-hybridized carbons (Fsp3) is 0.263. The Kier molecular flexibility index (Phi) is 6.50. The number of benzene rings is 1. The molecule has 2 amide bonds. The van der Waals surface area contributed by atoms with Crippen LogP contribution in [-0.4, -0.2) is 47.6 Å². The number of rotatable bonds is 8. The molecule has 10 heteroatoms. The van der Waals surface area contributed by atoms with Gasteiger partial charge >= 0.3 is 0 Å². The first-order valence-corrected chi connectivity index (χ1v) is 9.08. The van der Waals surface area contributed by atoms with Crippen molar-refractivity contribution in [1.29, 1.82) is 0 Å². The molecule has 3 aromatic rings. The number of halogens is 1. The lowest BCUT2D eigenvalue weighted by atomic mass is 10.2. The van der Waals surface area contributed by atoms with Gasteiger partial charge in [-0.1, -0.05) is 16.8 Å². The molecule has 0 aliphatic rings. The smallest absolute Gasteiger partial charge is 0.244 e. The summed E-state index contributed by atoms with van der Waals surface area (Å²) >= 11 is 5.95. The van der Waals surface area contributed by atoms with E-state index in [0.29, 0.717) is 33.9 Å². The Balaban J connectivity index is 1.50. The molecule has 0 saturated carbocycles. The molecule has 0 spiro atoms. The fourth-order valence-corrected chi connectivity index (χ4v) is 2.71. The van der Waals surface area contributed by atoms with Crippen molar-refractivity contribution in [3.63, 3.8) is 0 Å². The Labute approximate surface area is 171 Å². The molecule has 9 nitrogen and oxygen atoms in total. The Bertz CT molecular complexity index is 986. The maximum absolute atomic E-state index is 12.3. The summed E-state index contributed by atoms with van der Waals surface area (Å²) in [6.45, 7) is -0.129. The number of furan rings is 1. The Hall–Kier alpha value is -3.33. The standard InChI is InChI=1S/C19H19ClN4O5/c1-24(11-16(25)21-13-10-12(20)5-6-14(13)27-2)18(26)8-7-17-22-19(23-29-17)15-4-3-9-28-15/h3-6,9-10H,7-8,11H2,1-2H3,(H,21,25). The van der Waals surface area contributed by atoms with Crippen LogP contribution in [0.3, 0.4) is 0 Å². The third-order valence-electron chi connectivity index (χ3n) is 4.00. The molecule has 0 bridgehead atoms. The largest absolute Gasteiger partial charge is 0.495 e. The molecule has 0 fully saturated rings. The third kappa shape index (κ3) is 5.35. The van der Waals surface area contributed by atoms with E-state index in [1.54, 1.807) is 37.4 Å². The number of carbonyl (C=O) groups is 2. The highest BCUT2D eigenvalue weighted by atomic mass is 35.5. The molecule has 2 aromatic heterocycles. The van der Waals surface area contributed by atoms with E-state index in [1.165, 1.54) is 18.3 Å². The molecule has 0 radical (unpaired) electrons. The molecule has 0 unspecified atom stereocenters. The minimum absolute atomic E-state index is 0.115. The minimum atomic E-state index is -0.376. The number of aromatic nitrogens is 2. The summed E-state index contributed by atoms with van der Waals surface area (Å²) in [4.78, 5) is 30.1. The second kappa shape index (κ2) is 9.24. The van der Waals surface area contributed by atoms with Crippen LogP contribution < -0.4 is 10.1 Å². The van der Waals surface area contributed by atoms with Gasteiger partial charge in [0.25, 0.3) is 0 Å². The van der Waals surface area contributed by atoms with Gasteiger partial charge < -0.3 is 23.9 Å². The number of ether oxygens (including phenoxy) is 1. The highest BCUT2D eigenvalue weighted by Crippen LogP contribution is 2.27. The molecular weight excluding hydrogens is 400 g/mol. The van der Waals surface area contributed by atoms with Crippen molar-refractivity contribution in [3.05, 3.63) is 47.5 Å². The number of nitrogens with zero attached hydrogens (tertiary/aromatic N) is 3. The van der Waals surface area contributed by atoms with Crippen LogP contribution >= 0.6 is 11.6 Å². The predicted molar refractivity (Wildman–Crippen MR) is 105 cm³/mol. The summed E-state index contributed by atoms with van der Waals surface area (Å²) < 4.78 is 15.5. The van der Waals surface area contributed by atoms with Gasteiger partial charge in [0.2, 0.25) is 23.5 Å². The molecule has 152 valence electrons. The van der Waals surface area contributed by atoms with Crippen LogP contribution in [0.1, 0.15) is 12.3 Å². The summed E-state index contributed by atoms with van der Waals surface area (Å²) in [6, 6.07) is 8.30. The maximum Gasteiger partial charge on any atom is 0.244 e. The summed E-state index contributed by atoms with van der Waals surface area (Å²) in [5.74, 6) is 0.972. The Morgan fingerprint density at radius 2 is 2.14 bits per heavy atom. The van der Waals surface area contributed by atoms with Crippen LogP contribution in [0.2, 0.25) is 5.02 Å². The highest BCUT2D eigenvalue weighted by Gasteiger charge is 2.17.